The molecule has 0 aliphatic rings. The van der Waals surface area contributed by atoms with Gasteiger partial charge >= 0.3 is 5.97 Å². The molecule has 0 amide bonds. The lowest BCUT2D eigenvalue weighted by Gasteiger charge is -2.10. The van der Waals surface area contributed by atoms with Gasteiger partial charge in [-0.3, -0.25) is 9.20 Å². The van der Waals surface area contributed by atoms with Gasteiger partial charge in [0.2, 0.25) is 0 Å². The van der Waals surface area contributed by atoms with Gasteiger partial charge in [0, 0.05) is 11.3 Å². The fourth-order valence-electron chi connectivity index (χ4n) is 2.74. The summed E-state index contributed by atoms with van der Waals surface area (Å²) < 4.78 is 12.2. The van der Waals surface area contributed by atoms with Gasteiger partial charge in [-0.15, -0.1) is 0 Å². The molecule has 2 aromatic heterocycles. The van der Waals surface area contributed by atoms with Crippen molar-refractivity contribution in [2.75, 3.05) is 25.6 Å². The Balaban J connectivity index is 2.05. The van der Waals surface area contributed by atoms with Crippen LogP contribution in [-0.2, 0) is 9.53 Å². The molecule has 0 saturated carbocycles. The molecular formula is C19H21N3O3. The van der Waals surface area contributed by atoms with Crippen LogP contribution >= 0.6 is 0 Å². The van der Waals surface area contributed by atoms with E-state index in [2.05, 4.69) is 5.32 Å². The van der Waals surface area contributed by atoms with E-state index in [1.807, 2.05) is 53.8 Å². The summed E-state index contributed by atoms with van der Waals surface area (Å²) in [7, 11) is 1.63. The van der Waals surface area contributed by atoms with Crippen molar-refractivity contribution in [2.45, 2.75) is 13.8 Å². The number of benzene rings is 1. The number of imidazole rings is 1. The van der Waals surface area contributed by atoms with Gasteiger partial charge in [-0.25, -0.2) is 4.98 Å². The molecule has 0 spiro atoms. The number of carbonyl (C=O) groups is 1. The van der Waals surface area contributed by atoms with Crippen LogP contribution in [0.15, 0.2) is 42.5 Å². The first-order valence-electron chi connectivity index (χ1n) is 8.16. The highest BCUT2D eigenvalue weighted by Gasteiger charge is 2.16. The SMILES string of the molecule is CCOC(=O)CNc1c(-c2ccc(OC)cc2)nc2cccc(C)n12. The Morgan fingerprint density at radius 2 is 1.96 bits per heavy atom. The zero-order chi connectivity index (χ0) is 17.8. The second kappa shape index (κ2) is 7.25. The predicted molar refractivity (Wildman–Crippen MR) is 97.0 cm³/mol. The summed E-state index contributed by atoms with van der Waals surface area (Å²) in [4.78, 5) is 16.5. The fourth-order valence-corrected chi connectivity index (χ4v) is 2.74. The predicted octanol–water partition coefficient (Wildman–Crippen LogP) is 3.29. The molecule has 1 aromatic carbocycles. The van der Waals surface area contributed by atoms with E-state index in [1.165, 1.54) is 0 Å². The van der Waals surface area contributed by atoms with Crippen LogP contribution in [0.25, 0.3) is 16.9 Å². The summed E-state index contributed by atoms with van der Waals surface area (Å²) in [6, 6.07) is 13.6. The molecule has 0 aliphatic carbocycles. The number of methoxy groups -OCH3 is 1. The average molecular weight is 339 g/mol. The number of ether oxygens (including phenoxy) is 2. The summed E-state index contributed by atoms with van der Waals surface area (Å²) >= 11 is 0. The first-order chi connectivity index (χ1) is 12.1. The van der Waals surface area contributed by atoms with E-state index < -0.39 is 0 Å². The first kappa shape index (κ1) is 16.8. The molecule has 0 atom stereocenters. The van der Waals surface area contributed by atoms with Crippen LogP contribution in [0.2, 0.25) is 0 Å². The Hall–Kier alpha value is -3.02. The highest BCUT2D eigenvalue weighted by molar-refractivity contribution is 5.81. The van der Waals surface area contributed by atoms with Crippen molar-refractivity contribution in [1.82, 2.24) is 9.38 Å². The Bertz CT molecular complexity index is 885. The smallest absolute Gasteiger partial charge is 0.325 e. The molecule has 2 heterocycles. The van der Waals surface area contributed by atoms with E-state index >= 15 is 0 Å². The molecule has 25 heavy (non-hydrogen) atoms. The number of aryl methyl sites for hydroxylation is 1. The second-order valence-corrected chi connectivity index (χ2v) is 5.56. The van der Waals surface area contributed by atoms with Crippen LogP contribution in [0.5, 0.6) is 5.75 Å². The number of esters is 1. The monoisotopic (exact) mass is 339 g/mol. The molecule has 0 unspecified atom stereocenters. The summed E-state index contributed by atoms with van der Waals surface area (Å²) in [6.45, 7) is 4.23. The van der Waals surface area contributed by atoms with Gasteiger partial charge in [0.05, 0.1) is 13.7 Å². The number of hydrogen-bond acceptors (Lipinski definition) is 5. The largest absolute Gasteiger partial charge is 0.497 e. The van der Waals surface area contributed by atoms with Crippen LogP contribution in [0.3, 0.4) is 0 Å². The van der Waals surface area contributed by atoms with Crippen molar-refractivity contribution >= 4 is 17.4 Å². The topological polar surface area (TPSA) is 64.9 Å². The van der Waals surface area contributed by atoms with Gasteiger partial charge in [0.15, 0.2) is 0 Å². The van der Waals surface area contributed by atoms with Gasteiger partial charge < -0.3 is 14.8 Å². The van der Waals surface area contributed by atoms with Gasteiger partial charge in [-0.1, -0.05) is 6.07 Å². The van der Waals surface area contributed by atoms with Crippen molar-refractivity contribution in [3.63, 3.8) is 0 Å². The quantitative estimate of drug-likeness (QED) is 0.698. The first-order valence-corrected chi connectivity index (χ1v) is 8.16. The van der Waals surface area contributed by atoms with E-state index in [0.29, 0.717) is 6.61 Å². The summed E-state index contributed by atoms with van der Waals surface area (Å²) in [6.07, 6.45) is 0. The van der Waals surface area contributed by atoms with Crippen molar-refractivity contribution in [2.24, 2.45) is 0 Å². The molecule has 0 bridgehead atoms. The lowest BCUT2D eigenvalue weighted by Crippen LogP contribution is -2.18. The van der Waals surface area contributed by atoms with Crippen molar-refractivity contribution in [3.8, 4) is 17.0 Å². The number of anilines is 1. The minimum atomic E-state index is -0.299. The summed E-state index contributed by atoms with van der Waals surface area (Å²) in [5.74, 6) is 1.25. The van der Waals surface area contributed by atoms with Gasteiger partial charge in [-0.2, -0.15) is 0 Å². The zero-order valence-corrected chi connectivity index (χ0v) is 14.6. The van der Waals surface area contributed by atoms with Crippen LogP contribution in [0, 0.1) is 6.92 Å². The van der Waals surface area contributed by atoms with Crippen LogP contribution in [0.1, 0.15) is 12.6 Å². The second-order valence-electron chi connectivity index (χ2n) is 5.56. The van der Waals surface area contributed by atoms with Gasteiger partial charge in [0.25, 0.3) is 0 Å². The minimum absolute atomic E-state index is 0.0825. The third kappa shape index (κ3) is 3.42. The third-order valence-corrected chi connectivity index (χ3v) is 3.91. The van der Waals surface area contributed by atoms with Gasteiger partial charge in [0.1, 0.15) is 29.5 Å². The highest BCUT2D eigenvalue weighted by Crippen LogP contribution is 2.30. The fraction of sp³-hybridized carbons (Fsp3) is 0.263. The molecule has 3 rings (SSSR count). The lowest BCUT2D eigenvalue weighted by atomic mass is 10.1. The van der Waals surface area contributed by atoms with E-state index in [0.717, 1.165) is 34.2 Å². The number of hydrogen-bond donors (Lipinski definition) is 1. The number of nitrogens with one attached hydrogen (secondary N) is 1. The normalized spacial score (nSPS) is 10.7. The molecule has 0 aliphatic heterocycles. The number of aromatic nitrogens is 2. The average Bonchev–Trinajstić information content (AvgIpc) is 3.00. The van der Waals surface area contributed by atoms with E-state index in [4.69, 9.17) is 14.5 Å². The minimum Gasteiger partial charge on any atom is -0.497 e. The standard InChI is InChI=1S/C19H21N3O3/c1-4-25-17(23)12-20-19-18(14-8-10-15(24-3)11-9-14)21-16-7-5-6-13(2)22(16)19/h5-11,20H,4,12H2,1-3H3. The Morgan fingerprint density at radius 3 is 2.64 bits per heavy atom. The highest BCUT2D eigenvalue weighted by atomic mass is 16.5. The van der Waals surface area contributed by atoms with E-state index in [1.54, 1.807) is 14.0 Å². The summed E-state index contributed by atoms with van der Waals surface area (Å²) in [5.41, 5.74) is 3.56. The lowest BCUT2D eigenvalue weighted by molar-refractivity contribution is -0.140. The van der Waals surface area contributed by atoms with E-state index in [-0.39, 0.29) is 12.5 Å². The molecule has 6 nitrogen and oxygen atoms in total. The number of rotatable bonds is 6. The third-order valence-electron chi connectivity index (χ3n) is 3.91. The maximum Gasteiger partial charge on any atom is 0.325 e. The van der Waals surface area contributed by atoms with Crippen molar-refractivity contribution in [1.29, 1.82) is 0 Å². The van der Waals surface area contributed by atoms with Crippen molar-refractivity contribution in [3.05, 3.63) is 48.2 Å². The number of nitrogens with zero attached hydrogens (tertiary/aromatic N) is 2. The van der Waals surface area contributed by atoms with Crippen LogP contribution in [0.4, 0.5) is 5.82 Å². The van der Waals surface area contributed by atoms with Crippen molar-refractivity contribution < 1.29 is 14.3 Å². The molecule has 0 fully saturated rings. The Morgan fingerprint density at radius 1 is 1.20 bits per heavy atom. The maximum atomic E-state index is 11.8. The van der Waals surface area contributed by atoms with Gasteiger partial charge in [-0.05, 0) is 50.2 Å². The molecule has 0 radical (unpaired) electrons. The Labute approximate surface area is 146 Å². The summed E-state index contributed by atoms with van der Waals surface area (Å²) in [5, 5.41) is 3.18. The zero-order valence-electron chi connectivity index (χ0n) is 14.6. The number of pyridine rings is 1. The molecule has 1 N–H and O–H groups in total. The van der Waals surface area contributed by atoms with Crippen LogP contribution < -0.4 is 10.1 Å². The molecule has 3 aromatic rings. The number of fused-ring (bicyclic) bond motifs is 1. The number of carbonyl (C=O) groups excluding carboxylic acids is 1. The molecule has 6 heteroatoms. The molecule has 0 saturated heterocycles. The molecular weight excluding hydrogens is 318 g/mol. The van der Waals surface area contributed by atoms with Crippen LogP contribution in [-0.4, -0.2) is 35.6 Å². The van der Waals surface area contributed by atoms with E-state index in [9.17, 15) is 4.79 Å². The maximum absolute atomic E-state index is 11.8. The Kier molecular flexibility index (Phi) is 4.88. The molecule has 130 valence electrons.